The molecule has 0 fully saturated rings. The van der Waals surface area contributed by atoms with Crippen LogP contribution >= 0.6 is 0 Å². The van der Waals surface area contributed by atoms with Gasteiger partial charge in [0.2, 0.25) is 0 Å². The van der Waals surface area contributed by atoms with E-state index in [2.05, 4.69) is 57.3 Å². The summed E-state index contributed by atoms with van der Waals surface area (Å²) in [5.41, 5.74) is 2.67. The molecule has 0 unspecified atom stereocenters. The van der Waals surface area contributed by atoms with Crippen molar-refractivity contribution in [2.75, 3.05) is 19.7 Å². The largest absolute Gasteiger partial charge is 0.377 e. The Balaban J connectivity index is 2.19. The SMILES string of the molecule is CC(C)CCOCc1ccc(CCNCC(C)C)cc1. The van der Waals surface area contributed by atoms with Crippen LogP contribution in [-0.4, -0.2) is 19.7 Å². The Morgan fingerprint density at radius 1 is 0.950 bits per heavy atom. The lowest BCUT2D eigenvalue weighted by atomic mass is 10.1. The maximum absolute atomic E-state index is 5.68. The van der Waals surface area contributed by atoms with Crippen molar-refractivity contribution in [1.29, 1.82) is 0 Å². The monoisotopic (exact) mass is 277 g/mol. The fraction of sp³-hybridized carbons (Fsp3) is 0.667. The van der Waals surface area contributed by atoms with Gasteiger partial charge < -0.3 is 10.1 Å². The summed E-state index contributed by atoms with van der Waals surface area (Å²) >= 11 is 0. The second kappa shape index (κ2) is 9.95. The van der Waals surface area contributed by atoms with E-state index in [4.69, 9.17) is 4.74 Å². The quantitative estimate of drug-likeness (QED) is 0.652. The van der Waals surface area contributed by atoms with Crippen LogP contribution in [-0.2, 0) is 17.8 Å². The van der Waals surface area contributed by atoms with E-state index >= 15 is 0 Å². The Hall–Kier alpha value is -0.860. The van der Waals surface area contributed by atoms with Crippen LogP contribution < -0.4 is 5.32 Å². The van der Waals surface area contributed by atoms with Crippen molar-refractivity contribution in [3.8, 4) is 0 Å². The van der Waals surface area contributed by atoms with Crippen molar-refractivity contribution in [2.45, 2.75) is 47.1 Å². The van der Waals surface area contributed by atoms with Crippen LogP contribution in [0.1, 0.15) is 45.2 Å². The highest BCUT2D eigenvalue weighted by Crippen LogP contribution is 2.07. The molecule has 1 rings (SSSR count). The Kier molecular flexibility index (Phi) is 8.56. The van der Waals surface area contributed by atoms with Gasteiger partial charge in [0, 0.05) is 6.61 Å². The van der Waals surface area contributed by atoms with E-state index in [1.807, 2.05) is 0 Å². The van der Waals surface area contributed by atoms with Gasteiger partial charge in [0.25, 0.3) is 0 Å². The zero-order valence-corrected chi connectivity index (χ0v) is 13.6. The summed E-state index contributed by atoms with van der Waals surface area (Å²) in [5.74, 6) is 1.44. The van der Waals surface area contributed by atoms with Gasteiger partial charge in [0.05, 0.1) is 6.61 Å². The molecule has 0 radical (unpaired) electrons. The van der Waals surface area contributed by atoms with E-state index in [1.54, 1.807) is 0 Å². The van der Waals surface area contributed by atoms with Crippen LogP contribution in [0.15, 0.2) is 24.3 Å². The molecule has 0 saturated heterocycles. The summed E-state index contributed by atoms with van der Waals surface area (Å²) in [6, 6.07) is 8.82. The lowest BCUT2D eigenvalue weighted by Crippen LogP contribution is -2.22. The smallest absolute Gasteiger partial charge is 0.0716 e. The highest BCUT2D eigenvalue weighted by molar-refractivity contribution is 5.22. The fourth-order valence-corrected chi connectivity index (χ4v) is 1.93. The van der Waals surface area contributed by atoms with Crippen LogP contribution in [0, 0.1) is 11.8 Å². The maximum Gasteiger partial charge on any atom is 0.0716 e. The molecule has 114 valence electrons. The summed E-state index contributed by atoms with van der Waals surface area (Å²) in [5, 5.41) is 3.48. The first-order valence-corrected chi connectivity index (χ1v) is 7.94. The Morgan fingerprint density at radius 3 is 2.20 bits per heavy atom. The van der Waals surface area contributed by atoms with E-state index in [1.165, 1.54) is 11.1 Å². The second-order valence-corrected chi connectivity index (χ2v) is 6.40. The van der Waals surface area contributed by atoms with E-state index in [9.17, 15) is 0 Å². The van der Waals surface area contributed by atoms with Crippen molar-refractivity contribution in [3.05, 3.63) is 35.4 Å². The molecule has 1 N–H and O–H groups in total. The number of ether oxygens (including phenoxy) is 1. The third kappa shape index (κ3) is 8.34. The average molecular weight is 277 g/mol. The summed E-state index contributed by atoms with van der Waals surface area (Å²) in [6.07, 6.45) is 2.24. The van der Waals surface area contributed by atoms with Gasteiger partial charge >= 0.3 is 0 Å². The molecule has 0 aliphatic carbocycles. The van der Waals surface area contributed by atoms with Crippen LogP contribution in [0.3, 0.4) is 0 Å². The molecule has 0 heterocycles. The van der Waals surface area contributed by atoms with Gasteiger partial charge in [-0.25, -0.2) is 0 Å². The van der Waals surface area contributed by atoms with Gasteiger partial charge in [-0.1, -0.05) is 52.0 Å². The predicted octanol–water partition coefficient (Wildman–Crippen LogP) is 4.04. The molecule has 1 aromatic carbocycles. The van der Waals surface area contributed by atoms with Crippen molar-refractivity contribution in [3.63, 3.8) is 0 Å². The van der Waals surface area contributed by atoms with Gasteiger partial charge in [-0.2, -0.15) is 0 Å². The first-order valence-electron chi connectivity index (χ1n) is 7.94. The lowest BCUT2D eigenvalue weighted by Gasteiger charge is -2.09. The van der Waals surface area contributed by atoms with Gasteiger partial charge in [0.15, 0.2) is 0 Å². The molecule has 2 nitrogen and oxygen atoms in total. The van der Waals surface area contributed by atoms with Crippen LogP contribution in [0.2, 0.25) is 0 Å². The minimum Gasteiger partial charge on any atom is -0.377 e. The van der Waals surface area contributed by atoms with E-state index in [0.717, 1.165) is 51.0 Å². The molecule has 2 heteroatoms. The second-order valence-electron chi connectivity index (χ2n) is 6.40. The summed E-state index contributed by atoms with van der Waals surface area (Å²) < 4.78 is 5.68. The highest BCUT2D eigenvalue weighted by atomic mass is 16.5. The molecule has 0 aromatic heterocycles. The normalized spacial score (nSPS) is 11.5. The number of nitrogens with one attached hydrogen (secondary N) is 1. The molecule has 0 aliphatic heterocycles. The number of hydrogen-bond donors (Lipinski definition) is 1. The Morgan fingerprint density at radius 2 is 1.60 bits per heavy atom. The summed E-state index contributed by atoms with van der Waals surface area (Å²) in [6.45, 7) is 12.7. The Labute approximate surface area is 124 Å². The highest BCUT2D eigenvalue weighted by Gasteiger charge is 1.98. The van der Waals surface area contributed by atoms with Crippen LogP contribution in [0.5, 0.6) is 0 Å². The Bertz CT molecular complexity index is 308. The zero-order valence-electron chi connectivity index (χ0n) is 13.6. The molecular weight excluding hydrogens is 246 g/mol. The van der Waals surface area contributed by atoms with E-state index < -0.39 is 0 Å². The molecule has 0 aliphatic rings. The number of hydrogen-bond acceptors (Lipinski definition) is 2. The van der Waals surface area contributed by atoms with E-state index in [0.29, 0.717) is 0 Å². The summed E-state index contributed by atoms with van der Waals surface area (Å²) in [4.78, 5) is 0. The summed E-state index contributed by atoms with van der Waals surface area (Å²) in [7, 11) is 0. The minimum absolute atomic E-state index is 0.718. The molecule has 0 amide bonds. The molecule has 0 bridgehead atoms. The minimum atomic E-state index is 0.718. The van der Waals surface area contributed by atoms with Crippen LogP contribution in [0.4, 0.5) is 0 Å². The van der Waals surface area contributed by atoms with Crippen LogP contribution in [0.25, 0.3) is 0 Å². The van der Waals surface area contributed by atoms with Crippen molar-refractivity contribution in [2.24, 2.45) is 11.8 Å². The topological polar surface area (TPSA) is 21.3 Å². The third-order valence-corrected chi connectivity index (χ3v) is 3.27. The van der Waals surface area contributed by atoms with Gasteiger partial charge in [-0.05, 0) is 48.9 Å². The maximum atomic E-state index is 5.68. The van der Waals surface area contributed by atoms with Gasteiger partial charge in [0.1, 0.15) is 0 Å². The number of benzene rings is 1. The van der Waals surface area contributed by atoms with Gasteiger partial charge in [-0.15, -0.1) is 0 Å². The molecule has 0 saturated carbocycles. The molecule has 0 atom stereocenters. The molecule has 1 aromatic rings. The lowest BCUT2D eigenvalue weighted by molar-refractivity contribution is 0.110. The molecule has 0 spiro atoms. The average Bonchev–Trinajstić information content (AvgIpc) is 2.41. The number of rotatable bonds is 10. The fourth-order valence-electron chi connectivity index (χ4n) is 1.93. The first-order chi connectivity index (χ1) is 9.58. The van der Waals surface area contributed by atoms with E-state index in [-0.39, 0.29) is 0 Å². The van der Waals surface area contributed by atoms with Crippen molar-refractivity contribution < 1.29 is 4.74 Å². The zero-order chi connectivity index (χ0) is 14.8. The third-order valence-electron chi connectivity index (χ3n) is 3.27. The van der Waals surface area contributed by atoms with Crippen molar-refractivity contribution >= 4 is 0 Å². The van der Waals surface area contributed by atoms with Crippen molar-refractivity contribution in [1.82, 2.24) is 5.32 Å². The first kappa shape index (κ1) is 17.2. The standard InChI is InChI=1S/C18H31NO/c1-15(2)10-12-20-14-18-7-5-17(6-8-18)9-11-19-13-16(3)4/h5-8,15-16,19H,9-14H2,1-4H3. The molecule has 20 heavy (non-hydrogen) atoms. The predicted molar refractivity (Wildman–Crippen MR) is 87.0 cm³/mol. The molecular formula is C18H31NO. The van der Waals surface area contributed by atoms with Gasteiger partial charge in [-0.3, -0.25) is 0 Å².